The molecular formula is C20H37N5. The van der Waals surface area contributed by atoms with Crippen molar-refractivity contribution >= 4 is 5.96 Å². The SMILES string of the molecule is CCNC(=NCC1(CC)CCCC1)NC(C)Cc1c(C)nn(C)c1C. The lowest BCUT2D eigenvalue weighted by Crippen LogP contribution is -2.43. The molecule has 1 aliphatic carbocycles. The Morgan fingerprint density at radius 1 is 1.28 bits per heavy atom. The molecule has 25 heavy (non-hydrogen) atoms. The molecule has 1 saturated carbocycles. The van der Waals surface area contributed by atoms with Crippen LogP contribution in [0.4, 0.5) is 0 Å². The van der Waals surface area contributed by atoms with Crippen LogP contribution in [0.25, 0.3) is 0 Å². The fraction of sp³-hybridized carbons (Fsp3) is 0.800. The van der Waals surface area contributed by atoms with Gasteiger partial charge in [0, 0.05) is 31.9 Å². The van der Waals surface area contributed by atoms with Gasteiger partial charge in [0.2, 0.25) is 0 Å². The van der Waals surface area contributed by atoms with Gasteiger partial charge in [-0.1, -0.05) is 19.8 Å². The first-order valence-corrected chi connectivity index (χ1v) is 9.94. The van der Waals surface area contributed by atoms with Crippen LogP contribution >= 0.6 is 0 Å². The van der Waals surface area contributed by atoms with Crippen molar-refractivity contribution in [2.75, 3.05) is 13.1 Å². The molecule has 0 spiro atoms. The standard InChI is InChI=1S/C20H37N5/c1-7-20(11-9-10-12-20)14-22-19(21-8-2)23-15(3)13-18-16(4)24-25(6)17(18)5/h15H,7-14H2,1-6H3,(H2,21,22,23). The van der Waals surface area contributed by atoms with Crippen LogP contribution in [0.2, 0.25) is 0 Å². The highest BCUT2D eigenvalue weighted by Gasteiger charge is 2.31. The molecule has 1 fully saturated rings. The van der Waals surface area contributed by atoms with Gasteiger partial charge in [0.25, 0.3) is 0 Å². The second-order valence-corrected chi connectivity index (χ2v) is 7.78. The highest BCUT2D eigenvalue weighted by molar-refractivity contribution is 5.80. The average Bonchev–Trinajstić information content (AvgIpc) is 3.14. The smallest absolute Gasteiger partial charge is 0.191 e. The van der Waals surface area contributed by atoms with Gasteiger partial charge in [-0.15, -0.1) is 0 Å². The Bertz CT molecular complexity index is 581. The van der Waals surface area contributed by atoms with E-state index in [2.05, 4.69) is 50.4 Å². The van der Waals surface area contributed by atoms with Gasteiger partial charge in [0.15, 0.2) is 5.96 Å². The fourth-order valence-electron chi connectivity index (χ4n) is 4.02. The molecule has 5 nitrogen and oxygen atoms in total. The summed E-state index contributed by atoms with van der Waals surface area (Å²) in [7, 11) is 2.02. The molecule has 1 heterocycles. The predicted octanol–water partition coefficient (Wildman–Crippen LogP) is 3.49. The predicted molar refractivity (Wildman–Crippen MR) is 106 cm³/mol. The van der Waals surface area contributed by atoms with Crippen LogP contribution < -0.4 is 10.6 Å². The van der Waals surface area contributed by atoms with E-state index in [1.165, 1.54) is 43.4 Å². The number of hydrogen-bond donors (Lipinski definition) is 2. The molecule has 2 rings (SSSR count). The van der Waals surface area contributed by atoms with Crippen molar-refractivity contribution in [2.24, 2.45) is 17.5 Å². The molecule has 0 aromatic carbocycles. The van der Waals surface area contributed by atoms with Gasteiger partial charge in [-0.2, -0.15) is 5.10 Å². The third-order valence-electron chi connectivity index (χ3n) is 5.88. The summed E-state index contributed by atoms with van der Waals surface area (Å²) in [5, 5.41) is 11.5. The highest BCUT2D eigenvalue weighted by Crippen LogP contribution is 2.41. The monoisotopic (exact) mass is 347 g/mol. The van der Waals surface area contributed by atoms with Crippen LogP contribution in [0.3, 0.4) is 0 Å². The Balaban J connectivity index is 2.01. The number of aliphatic imine (C=N–C) groups is 1. The van der Waals surface area contributed by atoms with Gasteiger partial charge < -0.3 is 10.6 Å². The summed E-state index contributed by atoms with van der Waals surface area (Å²) in [6.45, 7) is 12.7. The average molecular weight is 348 g/mol. The molecule has 1 aliphatic rings. The van der Waals surface area contributed by atoms with Crippen molar-refractivity contribution in [3.8, 4) is 0 Å². The Kier molecular flexibility index (Phi) is 6.91. The van der Waals surface area contributed by atoms with Crippen LogP contribution in [0.1, 0.15) is 69.8 Å². The third-order valence-corrected chi connectivity index (χ3v) is 5.88. The molecule has 1 atom stereocenters. The van der Waals surface area contributed by atoms with Gasteiger partial charge in [0.1, 0.15) is 0 Å². The lowest BCUT2D eigenvalue weighted by molar-refractivity contribution is 0.297. The van der Waals surface area contributed by atoms with E-state index in [0.717, 1.165) is 31.2 Å². The minimum Gasteiger partial charge on any atom is -0.357 e. The molecule has 5 heteroatoms. The van der Waals surface area contributed by atoms with Crippen molar-refractivity contribution < 1.29 is 0 Å². The first-order chi connectivity index (χ1) is 11.9. The highest BCUT2D eigenvalue weighted by atomic mass is 15.3. The minimum absolute atomic E-state index is 0.320. The molecule has 0 radical (unpaired) electrons. The normalized spacial score (nSPS) is 18.4. The molecule has 1 unspecified atom stereocenters. The molecule has 142 valence electrons. The van der Waals surface area contributed by atoms with E-state index < -0.39 is 0 Å². The molecular weight excluding hydrogens is 310 g/mol. The molecule has 0 amide bonds. The van der Waals surface area contributed by atoms with Crippen LogP contribution in [0, 0.1) is 19.3 Å². The van der Waals surface area contributed by atoms with Crippen molar-refractivity contribution in [3.63, 3.8) is 0 Å². The summed E-state index contributed by atoms with van der Waals surface area (Å²) in [6.07, 6.45) is 7.59. The third kappa shape index (κ3) is 4.99. The maximum atomic E-state index is 4.94. The number of nitrogens with one attached hydrogen (secondary N) is 2. The largest absolute Gasteiger partial charge is 0.357 e. The van der Waals surface area contributed by atoms with Gasteiger partial charge >= 0.3 is 0 Å². The molecule has 0 aliphatic heterocycles. The Hall–Kier alpha value is -1.52. The van der Waals surface area contributed by atoms with E-state index >= 15 is 0 Å². The zero-order valence-corrected chi connectivity index (χ0v) is 17.1. The van der Waals surface area contributed by atoms with Gasteiger partial charge in [0.05, 0.1) is 5.69 Å². The quantitative estimate of drug-likeness (QED) is 0.586. The van der Waals surface area contributed by atoms with E-state index in [1.807, 2.05) is 11.7 Å². The van der Waals surface area contributed by atoms with E-state index in [9.17, 15) is 0 Å². The first-order valence-electron chi connectivity index (χ1n) is 9.94. The number of aromatic nitrogens is 2. The summed E-state index contributed by atoms with van der Waals surface area (Å²) in [5.74, 6) is 0.953. The zero-order valence-electron chi connectivity index (χ0n) is 17.1. The fourth-order valence-corrected chi connectivity index (χ4v) is 4.02. The molecule has 1 aromatic heterocycles. The zero-order chi connectivity index (χ0) is 18.4. The molecule has 0 saturated heterocycles. The number of rotatable bonds is 7. The Morgan fingerprint density at radius 3 is 2.48 bits per heavy atom. The van der Waals surface area contributed by atoms with Crippen molar-refractivity contribution in [2.45, 2.75) is 79.2 Å². The lowest BCUT2D eigenvalue weighted by atomic mass is 9.84. The summed E-state index contributed by atoms with van der Waals surface area (Å²) in [4.78, 5) is 4.94. The van der Waals surface area contributed by atoms with Gasteiger partial charge in [-0.25, -0.2) is 0 Å². The Morgan fingerprint density at radius 2 is 1.96 bits per heavy atom. The van der Waals surface area contributed by atoms with Crippen LogP contribution in [0.15, 0.2) is 4.99 Å². The van der Waals surface area contributed by atoms with Gasteiger partial charge in [-0.05, 0) is 64.4 Å². The maximum Gasteiger partial charge on any atom is 0.191 e. The second kappa shape index (κ2) is 8.72. The molecule has 0 bridgehead atoms. The topological polar surface area (TPSA) is 54.2 Å². The van der Waals surface area contributed by atoms with E-state index in [0.29, 0.717) is 11.5 Å². The van der Waals surface area contributed by atoms with Crippen molar-refractivity contribution in [1.29, 1.82) is 0 Å². The van der Waals surface area contributed by atoms with E-state index in [4.69, 9.17) is 4.99 Å². The Labute approximate surface area is 153 Å². The molecule has 1 aromatic rings. The van der Waals surface area contributed by atoms with Crippen LogP contribution in [0.5, 0.6) is 0 Å². The number of nitrogens with zero attached hydrogens (tertiary/aromatic N) is 3. The van der Waals surface area contributed by atoms with Crippen LogP contribution in [-0.4, -0.2) is 34.9 Å². The second-order valence-electron chi connectivity index (χ2n) is 7.78. The van der Waals surface area contributed by atoms with Crippen molar-refractivity contribution in [1.82, 2.24) is 20.4 Å². The summed E-state index contributed by atoms with van der Waals surface area (Å²) in [5.41, 5.74) is 4.16. The summed E-state index contributed by atoms with van der Waals surface area (Å²) >= 11 is 0. The summed E-state index contributed by atoms with van der Waals surface area (Å²) < 4.78 is 1.97. The number of hydrogen-bond acceptors (Lipinski definition) is 2. The van der Waals surface area contributed by atoms with Gasteiger partial charge in [-0.3, -0.25) is 9.67 Å². The lowest BCUT2D eigenvalue weighted by Gasteiger charge is -2.26. The number of aryl methyl sites for hydroxylation is 2. The van der Waals surface area contributed by atoms with Crippen molar-refractivity contribution in [3.05, 3.63) is 17.0 Å². The first kappa shape index (κ1) is 19.8. The maximum absolute atomic E-state index is 4.94. The van der Waals surface area contributed by atoms with E-state index in [1.54, 1.807) is 0 Å². The number of guanidine groups is 1. The summed E-state index contributed by atoms with van der Waals surface area (Å²) in [6, 6.07) is 0.320. The molecule has 2 N–H and O–H groups in total. The van der Waals surface area contributed by atoms with E-state index in [-0.39, 0.29) is 0 Å². The van der Waals surface area contributed by atoms with Crippen LogP contribution in [-0.2, 0) is 13.5 Å². The minimum atomic E-state index is 0.320.